The summed E-state index contributed by atoms with van der Waals surface area (Å²) in [5, 5.41) is 0.694. The van der Waals surface area contributed by atoms with E-state index in [-0.39, 0.29) is 6.61 Å². The number of halogens is 3. The van der Waals surface area contributed by atoms with Gasteiger partial charge in [-0.1, -0.05) is 36.0 Å². The van der Waals surface area contributed by atoms with E-state index in [2.05, 4.69) is 0 Å². The second-order valence-electron chi connectivity index (χ2n) is 8.19. The molecule has 0 atom stereocenters. The first-order valence-corrected chi connectivity index (χ1v) is 12.3. The zero-order valence-corrected chi connectivity index (χ0v) is 20.9. The third kappa shape index (κ3) is 5.67. The lowest BCUT2D eigenvalue weighted by atomic mass is 10.1. The third-order valence-corrected chi connectivity index (χ3v) is 6.72. The normalized spacial score (nSPS) is 11.6. The van der Waals surface area contributed by atoms with Gasteiger partial charge in [0.1, 0.15) is 5.75 Å². The molecule has 5 nitrogen and oxygen atoms in total. The van der Waals surface area contributed by atoms with Gasteiger partial charge in [-0.25, -0.2) is 9.78 Å². The first kappa shape index (κ1) is 25.6. The number of alkyl halides is 3. The number of ether oxygens (including phenoxy) is 2. The zero-order valence-electron chi connectivity index (χ0n) is 20.1. The summed E-state index contributed by atoms with van der Waals surface area (Å²) in [6.45, 7) is 4.31. The number of imidazole rings is 1. The van der Waals surface area contributed by atoms with Gasteiger partial charge in [0.2, 0.25) is 0 Å². The van der Waals surface area contributed by atoms with Gasteiger partial charge in [0, 0.05) is 5.75 Å². The fourth-order valence-corrected chi connectivity index (χ4v) is 4.83. The molecule has 0 amide bonds. The lowest BCUT2D eigenvalue weighted by molar-refractivity contribution is -0.137. The summed E-state index contributed by atoms with van der Waals surface area (Å²) in [6.07, 6.45) is -4.39. The molecule has 0 spiro atoms. The van der Waals surface area contributed by atoms with E-state index < -0.39 is 17.7 Å². The molecule has 3 aromatic carbocycles. The molecule has 0 unspecified atom stereocenters. The maximum atomic E-state index is 13.0. The van der Waals surface area contributed by atoms with Gasteiger partial charge < -0.3 is 14.0 Å². The first-order valence-electron chi connectivity index (χ1n) is 11.3. The topological polar surface area (TPSA) is 53.4 Å². The summed E-state index contributed by atoms with van der Waals surface area (Å²) in [5.74, 6) is 1.01. The second-order valence-corrected chi connectivity index (χ2v) is 9.13. The van der Waals surface area contributed by atoms with Crippen LogP contribution in [0.25, 0.3) is 11.0 Å². The van der Waals surface area contributed by atoms with E-state index >= 15 is 0 Å². The maximum absolute atomic E-state index is 13.0. The van der Waals surface area contributed by atoms with Gasteiger partial charge >= 0.3 is 12.1 Å². The van der Waals surface area contributed by atoms with Crippen molar-refractivity contribution >= 4 is 28.8 Å². The van der Waals surface area contributed by atoms with E-state index in [1.54, 1.807) is 32.2 Å². The standard InChI is InChI=1S/C27H25F3N2O3S/c1-4-35-25(33)20-8-11-23-22(14-20)31-26(36-16-19-7-12-24(34-3)17(2)13-19)32(23)15-18-5-9-21(10-6-18)27(28,29)30/h5-14H,4,15-16H2,1-3H3. The molecule has 4 aromatic rings. The van der Waals surface area contributed by atoms with Gasteiger partial charge in [0.05, 0.1) is 42.4 Å². The van der Waals surface area contributed by atoms with Crippen molar-refractivity contribution in [1.82, 2.24) is 9.55 Å². The Balaban J connectivity index is 1.68. The van der Waals surface area contributed by atoms with Crippen LogP contribution in [0.1, 0.15) is 39.5 Å². The lowest BCUT2D eigenvalue weighted by Gasteiger charge is -2.12. The number of hydrogen-bond acceptors (Lipinski definition) is 5. The number of aromatic nitrogens is 2. The fourth-order valence-electron chi connectivity index (χ4n) is 3.87. The molecule has 0 aliphatic carbocycles. The molecule has 0 radical (unpaired) electrons. The molecule has 188 valence electrons. The van der Waals surface area contributed by atoms with Gasteiger partial charge in [-0.3, -0.25) is 0 Å². The van der Waals surface area contributed by atoms with Crippen LogP contribution in [0.15, 0.2) is 65.8 Å². The second kappa shape index (κ2) is 10.7. The first-order chi connectivity index (χ1) is 17.2. The number of hydrogen-bond donors (Lipinski definition) is 0. The fraction of sp³-hybridized carbons (Fsp3) is 0.259. The number of thioether (sulfide) groups is 1. The zero-order chi connectivity index (χ0) is 25.9. The monoisotopic (exact) mass is 514 g/mol. The van der Waals surface area contributed by atoms with Crippen LogP contribution in [0.4, 0.5) is 13.2 Å². The highest BCUT2D eigenvalue weighted by Gasteiger charge is 2.30. The Labute approximate surface area is 211 Å². The van der Waals surface area contributed by atoms with Crippen LogP contribution in [0.2, 0.25) is 0 Å². The molecular weight excluding hydrogens is 489 g/mol. The average Bonchev–Trinajstić information content (AvgIpc) is 3.19. The van der Waals surface area contributed by atoms with Gasteiger partial charge in [-0.2, -0.15) is 13.2 Å². The number of carbonyl (C=O) groups excluding carboxylic acids is 1. The molecule has 4 rings (SSSR count). The Morgan fingerprint density at radius 3 is 2.39 bits per heavy atom. The Bertz CT molecular complexity index is 1380. The average molecular weight is 515 g/mol. The molecular formula is C27H25F3N2O3S. The van der Waals surface area contributed by atoms with Gasteiger partial charge in [-0.05, 0) is 66.9 Å². The number of nitrogens with zero attached hydrogens (tertiary/aromatic N) is 2. The largest absolute Gasteiger partial charge is 0.496 e. The number of rotatable bonds is 8. The minimum Gasteiger partial charge on any atom is -0.496 e. The van der Waals surface area contributed by atoms with E-state index in [1.807, 2.05) is 29.7 Å². The summed E-state index contributed by atoms with van der Waals surface area (Å²) in [6, 6.07) is 16.2. The Morgan fingerprint density at radius 1 is 1.03 bits per heavy atom. The van der Waals surface area contributed by atoms with Crippen LogP contribution < -0.4 is 4.74 Å². The summed E-state index contributed by atoms with van der Waals surface area (Å²) >= 11 is 1.51. The smallest absolute Gasteiger partial charge is 0.416 e. The highest BCUT2D eigenvalue weighted by Crippen LogP contribution is 2.32. The van der Waals surface area contributed by atoms with Crippen LogP contribution in [0.5, 0.6) is 5.75 Å². The highest BCUT2D eigenvalue weighted by atomic mass is 32.2. The van der Waals surface area contributed by atoms with E-state index in [1.165, 1.54) is 23.9 Å². The minimum atomic E-state index is -4.39. The molecule has 0 saturated heterocycles. The van der Waals surface area contributed by atoms with Crippen LogP contribution in [0.3, 0.4) is 0 Å². The molecule has 9 heteroatoms. The third-order valence-electron chi connectivity index (χ3n) is 5.67. The van der Waals surface area contributed by atoms with E-state index in [9.17, 15) is 18.0 Å². The van der Waals surface area contributed by atoms with Crippen LogP contribution in [-0.2, 0) is 23.2 Å². The Morgan fingerprint density at radius 2 is 1.75 bits per heavy atom. The molecule has 1 heterocycles. The van der Waals surface area contributed by atoms with Crippen molar-refractivity contribution in [2.75, 3.05) is 13.7 Å². The summed E-state index contributed by atoms with van der Waals surface area (Å²) in [5.41, 5.74) is 3.90. The number of fused-ring (bicyclic) bond motifs is 1. The van der Waals surface area contributed by atoms with Crippen molar-refractivity contribution in [2.24, 2.45) is 0 Å². The van der Waals surface area contributed by atoms with Crippen molar-refractivity contribution in [3.63, 3.8) is 0 Å². The number of esters is 1. The molecule has 36 heavy (non-hydrogen) atoms. The van der Waals surface area contributed by atoms with Gasteiger partial charge in [0.15, 0.2) is 5.16 Å². The van der Waals surface area contributed by atoms with Crippen molar-refractivity contribution in [1.29, 1.82) is 0 Å². The molecule has 0 N–H and O–H groups in total. The molecule has 1 aromatic heterocycles. The number of methoxy groups -OCH3 is 1. The molecule has 0 aliphatic rings. The van der Waals surface area contributed by atoms with Crippen molar-refractivity contribution in [3.8, 4) is 5.75 Å². The molecule has 0 saturated carbocycles. The number of benzene rings is 3. The number of aryl methyl sites for hydroxylation is 1. The molecule has 0 aliphatic heterocycles. The summed E-state index contributed by atoms with van der Waals surface area (Å²) in [4.78, 5) is 17.0. The Kier molecular flexibility index (Phi) is 7.59. The summed E-state index contributed by atoms with van der Waals surface area (Å²) < 4.78 is 51.4. The van der Waals surface area contributed by atoms with E-state index in [0.29, 0.717) is 34.1 Å². The summed E-state index contributed by atoms with van der Waals surface area (Å²) in [7, 11) is 1.63. The minimum absolute atomic E-state index is 0.265. The SMILES string of the molecule is CCOC(=O)c1ccc2c(c1)nc(SCc1ccc(OC)c(C)c1)n2Cc1ccc(C(F)(F)F)cc1. The maximum Gasteiger partial charge on any atom is 0.416 e. The number of carbonyl (C=O) groups is 1. The quantitative estimate of drug-likeness (QED) is 0.189. The predicted octanol–water partition coefficient (Wildman–Crippen LogP) is 6.89. The molecule has 0 fully saturated rings. The van der Waals surface area contributed by atoms with Gasteiger partial charge in [0.25, 0.3) is 0 Å². The lowest BCUT2D eigenvalue weighted by Crippen LogP contribution is -2.06. The van der Waals surface area contributed by atoms with Crippen molar-refractivity contribution in [2.45, 2.75) is 37.5 Å². The van der Waals surface area contributed by atoms with Crippen LogP contribution in [-0.4, -0.2) is 29.2 Å². The van der Waals surface area contributed by atoms with Crippen LogP contribution >= 0.6 is 11.8 Å². The molecule has 0 bridgehead atoms. The van der Waals surface area contributed by atoms with Crippen LogP contribution in [0, 0.1) is 6.92 Å². The van der Waals surface area contributed by atoms with E-state index in [0.717, 1.165) is 34.5 Å². The predicted molar refractivity (Wildman–Crippen MR) is 134 cm³/mol. The Hall–Kier alpha value is -3.46. The van der Waals surface area contributed by atoms with Gasteiger partial charge in [-0.15, -0.1) is 0 Å². The highest BCUT2D eigenvalue weighted by molar-refractivity contribution is 7.98. The van der Waals surface area contributed by atoms with Crippen molar-refractivity contribution < 1.29 is 27.4 Å². The van der Waals surface area contributed by atoms with Crippen molar-refractivity contribution in [3.05, 3.63) is 88.5 Å². The van der Waals surface area contributed by atoms with E-state index in [4.69, 9.17) is 14.5 Å².